The smallest absolute Gasteiger partial charge is 0.311 e. The second kappa shape index (κ2) is 6.68. The number of hydrogen-bond donors (Lipinski definition) is 1. The maximum Gasteiger partial charge on any atom is 0.311 e. The van der Waals surface area contributed by atoms with E-state index in [1.54, 1.807) is 23.6 Å². The van der Waals surface area contributed by atoms with Crippen LogP contribution in [0.15, 0.2) is 36.5 Å². The fourth-order valence-corrected chi connectivity index (χ4v) is 3.10. The Balaban J connectivity index is 1.91. The van der Waals surface area contributed by atoms with Crippen LogP contribution in [0.5, 0.6) is 0 Å². The molecule has 25 heavy (non-hydrogen) atoms. The second-order valence-corrected chi connectivity index (χ2v) is 6.53. The van der Waals surface area contributed by atoms with E-state index >= 15 is 0 Å². The van der Waals surface area contributed by atoms with E-state index in [4.69, 9.17) is 4.74 Å². The molecule has 1 aromatic heterocycles. The number of hydrogen-bond acceptors (Lipinski definition) is 4. The van der Waals surface area contributed by atoms with Crippen molar-refractivity contribution in [3.63, 3.8) is 0 Å². The number of aliphatic carboxylic acids is 1. The molecule has 2 heterocycles. The van der Waals surface area contributed by atoms with Gasteiger partial charge in [-0.05, 0) is 25.5 Å². The fourth-order valence-electron chi connectivity index (χ4n) is 3.10. The summed E-state index contributed by atoms with van der Waals surface area (Å²) in [5.74, 6) is -1.08. The molecular weight excluding hydrogens is 322 g/mol. The van der Waals surface area contributed by atoms with E-state index in [0.717, 1.165) is 5.69 Å². The third-order valence-corrected chi connectivity index (χ3v) is 4.66. The molecular formula is C18H21N3O4. The van der Waals surface area contributed by atoms with Crippen LogP contribution in [0.2, 0.25) is 0 Å². The number of rotatable bonds is 5. The molecule has 0 aliphatic carbocycles. The van der Waals surface area contributed by atoms with E-state index < -0.39 is 11.4 Å². The largest absolute Gasteiger partial charge is 0.481 e. The minimum absolute atomic E-state index is 0.199. The third-order valence-electron chi connectivity index (χ3n) is 4.66. The summed E-state index contributed by atoms with van der Waals surface area (Å²) in [5.41, 5.74) is 1.04. The highest BCUT2D eigenvalue weighted by molar-refractivity contribution is 5.96. The summed E-state index contributed by atoms with van der Waals surface area (Å²) in [6.45, 7) is 2.53. The second-order valence-electron chi connectivity index (χ2n) is 6.53. The van der Waals surface area contributed by atoms with Crippen molar-refractivity contribution in [3.8, 4) is 5.69 Å². The van der Waals surface area contributed by atoms with Crippen molar-refractivity contribution in [2.75, 3.05) is 20.2 Å². The van der Waals surface area contributed by atoms with Crippen LogP contribution in [0.25, 0.3) is 5.69 Å². The maximum atomic E-state index is 12.9. The number of amides is 1. The zero-order valence-corrected chi connectivity index (χ0v) is 14.3. The van der Waals surface area contributed by atoms with E-state index in [9.17, 15) is 14.7 Å². The van der Waals surface area contributed by atoms with Crippen molar-refractivity contribution in [1.29, 1.82) is 0 Å². The first-order chi connectivity index (χ1) is 12.0. The molecule has 1 unspecified atom stereocenters. The van der Waals surface area contributed by atoms with Crippen molar-refractivity contribution in [1.82, 2.24) is 14.7 Å². The number of carboxylic acid groups (broad SMARTS) is 1. The molecule has 132 valence electrons. The number of carbonyl (C=O) groups is 2. The lowest BCUT2D eigenvalue weighted by Crippen LogP contribution is -2.35. The molecule has 1 aromatic carbocycles. The van der Waals surface area contributed by atoms with Crippen molar-refractivity contribution in [2.24, 2.45) is 5.41 Å². The average Bonchev–Trinajstić information content (AvgIpc) is 3.20. The molecule has 0 spiro atoms. The van der Waals surface area contributed by atoms with Gasteiger partial charge in [-0.3, -0.25) is 9.59 Å². The number of carboxylic acids is 1. The van der Waals surface area contributed by atoms with Crippen molar-refractivity contribution in [2.45, 2.75) is 20.0 Å². The number of benzene rings is 1. The van der Waals surface area contributed by atoms with E-state index in [2.05, 4.69) is 5.10 Å². The Hall–Kier alpha value is -2.67. The van der Waals surface area contributed by atoms with Gasteiger partial charge in [-0.1, -0.05) is 18.2 Å². The number of aromatic nitrogens is 2. The van der Waals surface area contributed by atoms with Crippen LogP contribution >= 0.6 is 0 Å². The Morgan fingerprint density at radius 3 is 2.64 bits per heavy atom. The molecule has 3 rings (SSSR count). The first kappa shape index (κ1) is 17.2. The lowest BCUT2D eigenvalue weighted by molar-refractivity contribution is -0.147. The third kappa shape index (κ3) is 3.15. The summed E-state index contributed by atoms with van der Waals surface area (Å²) >= 11 is 0. The summed E-state index contributed by atoms with van der Waals surface area (Å²) in [4.78, 5) is 25.9. The zero-order chi connectivity index (χ0) is 18.0. The molecule has 1 N–H and O–H groups in total. The summed E-state index contributed by atoms with van der Waals surface area (Å²) < 4.78 is 6.94. The van der Waals surface area contributed by atoms with Gasteiger partial charge in [0, 0.05) is 20.2 Å². The topological polar surface area (TPSA) is 84.7 Å². The van der Waals surface area contributed by atoms with E-state index in [1.165, 1.54) is 6.20 Å². The molecule has 1 atom stereocenters. The lowest BCUT2D eigenvalue weighted by atomic mass is 9.90. The molecule has 0 radical (unpaired) electrons. The van der Waals surface area contributed by atoms with Gasteiger partial charge in [0.25, 0.3) is 5.91 Å². The standard InChI is InChI=1S/C18H21N3O4/c1-18(17(23)24)8-9-20(12-18)16(22)14-10-19-21(15(14)11-25-2)13-6-4-3-5-7-13/h3-7,10H,8-9,11-12H2,1-2H3,(H,23,24). The minimum atomic E-state index is -0.896. The van der Waals surface area contributed by atoms with Crippen LogP contribution in [0, 0.1) is 5.41 Å². The van der Waals surface area contributed by atoms with Gasteiger partial charge in [0.2, 0.25) is 0 Å². The summed E-state index contributed by atoms with van der Waals surface area (Å²) in [7, 11) is 1.56. The van der Waals surface area contributed by atoms with Crippen LogP contribution in [0.3, 0.4) is 0 Å². The van der Waals surface area contributed by atoms with Gasteiger partial charge in [-0.15, -0.1) is 0 Å². The molecule has 1 aliphatic heterocycles. The first-order valence-electron chi connectivity index (χ1n) is 8.10. The summed E-state index contributed by atoms with van der Waals surface area (Å²) in [6.07, 6.45) is 1.97. The van der Waals surface area contributed by atoms with Crippen LogP contribution in [0.1, 0.15) is 29.4 Å². The lowest BCUT2D eigenvalue weighted by Gasteiger charge is -2.20. The number of likely N-dealkylation sites (tertiary alicyclic amines) is 1. The van der Waals surface area contributed by atoms with Crippen LogP contribution < -0.4 is 0 Å². The van der Waals surface area contributed by atoms with Gasteiger partial charge in [0.15, 0.2) is 0 Å². The fraction of sp³-hybridized carbons (Fsp3) is 0.389. The monoisotopic (exact) mass is 343 g/mol. The number of carbonyl (C=O) groups excluding carboxylic acids is 1. The highest BCUT2D eigenvalue weighted by Gasteiger charge is 2.42. The number of ether oxygens (including phenoxy) is 1. The molecule has 2 aromatic rings. The maximum absolute atomic E-state index is 12.9. The van der Waals surface area contributed by atoms with E-state index in [1.807, 2.05) is 30.3 Å². The van der Waals surface area contributed by atoms with Crippen LogP contribution in [-0.2, 0) is 16.1 Å². The number of para-hydroxylation sites is 1. The van der Waals surface area contributed by atoms with Gasteiger partial charge in [0.1, 0.15) is 0 Å². The first-order valence-corrected chi connectivity index (χ1v) is 8.10. The van der Waals surface area contributed by atoms with Crippen LogP contribution in [-0.4, -0.2) is 51.9 Å². The molecule has 0 bridgehead atoms. The Bertz CT molecular complexity index is 787. The molecule has 1 amide bonds. The minimum Gasteiger partial charge on any atom is -0.481 e. The van der Waals surface area contributed by atoms with Crippen molar-refractivity contribution < 1.29 is 19.4 Å². The SMILES string of the molecule is COCc1c(C(=O)N2CCC(C)(C(=O)O)C2)cnn1-c1ccccc1. The van der Waals surface area contributed by atoms with Crippen molar-refractivity contribution in [3.05, 3.63) is 47.8 Å². The highest BCUT2D eigenvalue weighted by atomic mass is 16.5. The number of nitrogens with zero attached hydrogens (tertiary/aromatic N) is 3. The normalized spacial score (nSPS) is 20.0. The van der Waals surface area contributed by atoms with Gasteiger partial charge in [-0.2, -0.15) is 5.10 Å². The number of methoxy groups -OCH3 is 1. The molecule has 7 nitrogen and oxygen atoms in total. The molecule has 7 heteroatoms. The predicted octanol–water partition coefficient (Wildman–Crippen LogP) is 1.96. The average molecular weight is 343 g/mol. The zero-order valence-electron chi connectivity index (χ0n) is 14.3. The van der Waals surface area contributed by atoms with Gasteiger partial charge >= 0.3 is 5.97 Å². The van der Waals surface area contributed by atoms with E-state index in [-0.39, 0.29) is 19.1 Å². The highest BCUT2D eigenvalue weighted by Crippen LogP contribution is 2.31. The van der Waals surface area contributed by atoms with Gasteiger partial charge in [-0.25, -0.2) is 4.68 Å². The Kier molecular flexibility index (Phi) is 4.59. The molecule has 1 aliphatic rings. The summed E-state index contributed by atoms with van der Waals surface area (Å²) in [6, 6.07) is 9.50. The van der Waals surface area contributed by atoms with Gasteiger partial charge < -0.3 is 14.7 Å². The molecule has 1 fully saturated rings. The van der Waals surface area contributed by atoms with Gasteiger partial charge in [0.05, 0.1) is 35.2 Å². The Morgan fingerprint density at radius 1 is 1.32 bits per heavy atom. The predicted molar refractivity (Wildman–Crippen MR) is 90.5 cm³/mol. The summed E-state index contributed by atoms with van der Waals surface area (Å²) in [5, 5.41) is 13.7. The molecule has 1 saturated heterocycles. The van der Waals surface area contributed by atoms with Crippen molar-refractivity contribution >= 4 is 11.9 Å². The van der Waals surface area contributed by atoms with E-state index in [0.29, 0.717) is 24.2 Å². The quantitative estimate of drug-likeness (QED) is 0.897. The van der Waals surface area contributed by atoms with Crippen LogP contribution in [0.4, 0.5) is 0 Å². The Morgan fingerprint density at radius 2 is 2.04 bits per heavy atom. The molecule has 0 saturated carbocycles. The Labute approximate surface area is 145 Å².